The fraction of sp³-hybridized carbons (Fsp3) is 0.368. The van der Waals surface area contributed by atoms with Crippen LogP contribution in [-0.2, 0) is 5.41 Å². The maximum Gasteiger partial charge on any atom is 0.161 e. The van der Waals surface area contributed by atoms with Crippen LogP contribution >= 0.6 is 0 Å². The summed E-state index contributed by atoms with van der Waals surface area (Å²) in [5.74, 6) is 1.69. The number of hydrogen-bond acceptors (Lipinski definition) is 6. The van der Waals surface area contributed by atoms with Gasteiger partial charge in [-0.15, -0.1) is 0 Å². The third-order valence-electron chi connectivity index (χ3n) is 4.35. The fourth-order valence-electron chi connectivity index (χ4n) is 2.89. The zero-order valence-electron chi connectivity index (χ0n) is 15.3. The summed E-state index contributed by atoms with van der Waals surface area (Å²) in [6, 6.07) is 6.49. The van der Waals surface area contributed by atoms with E-state index < -0.39 is 5.41 Å². The van der Waals surface area contributed by atoms with Gasteiger partial charge in [0.25, 0.3) is 0 Å². The van der Waals surface area contributed by atoms with Crippen molar-refractivity contribution in [2.45, 2.75) is 19.3 Å². The summed E-state index contributed by atoms with van der Waals surface area (Å²) in [5, 5.41) is 20.0. The summed E-state index contributed by atoms with van der Waals surface area (Å²) in [4.78, 5) is 0. The standard InChI is InChI=1S/C19H24O6/c1-19(2,11-7-17(24-5)13(20)9-15(11)22-3)12-8-18(25-6)14(21)10-16(12)23-4/h7-10,20-21H,1-6H3. The Morgan fingerprint density at radius 1 is 0.600 bits per heavy atom. The van der Waals surface area contributed by atoms with Crippen LogP contribution in [0.2, 0.25) is 0 Å². The lowest BCUT2D eigenvalue weighted by Crippen LogP contribution is -2.21. The van der Waals surface area contributed by atoms with Crippen LogP contribution in [0, 0.1) is 0 Å². The average molecular weight is 348 g/mol. The van der Waals surface area contributed by atoms with Crippen molar-refractivity contribution >= 4 is 0 Å². The SMILES string of the molecule is COc1cc(C(C)(C)c2cc(OC)c(O)cc2OC)c(OC)cc1O. The van der Waals surface area contributed by atoms with E-state index in [-0.39, 0.29) is 11.5 Å². The van der Waals surface area contributed by atoms with Crippen molar-refractivity contribution in [1.82, 2.24) is 0 Å². The molecule has 0 saturated heterocycles. The molecule has 0 saturated carbocycles. The van der Waals surface area contributed by atoms with Crippen molar-refractivity contribution in [3.63, 3.8) is 0 Å². The summed E-state index contributed by atoms with van der Waals surface area (Å²) in [7, 11) is 6.05. The third kappa shape index (κ3) is 3.24. The highest BCUT2D eigenvalue weighted by atomic mass is 16.5. The molecule has 0 fully saturated rings. The summed E-state index contributed by atoms with van der Waals surface area (Å²) in [5.41, 5.74) is 0.977. The second-order valence-electron chi connectivity index (χ2n) is 6.07. The van der Waals surface area contributed by atoms with Crippen molar-refractivity contribution in [1.29, 1.82) is 0 Å². The topological polar surface area (TPSA) is 77.4 Å². The Morgan fingerprint density at radius 3 is 1.20 bits per heavy atom. The predicted molar refractivity (Wildman–Crippen MR) is 94.5 cm³/mol. The first-order chi connectivity index (χ1) is 11.8. The molecule has 0 heterocycles. The number of methoxy groups -OCH3 is 4. The highest BCUT2D eigenvalue weighted by Crippen LogP contribution is 2.47. The first-order valence-electron chi connectivity index (χ1n) is 7.71. The molecule has 0 unspecified atom stereocenters. The molecule has 2 aromatic carbocycles. The van der Waals surface area contributed by atoms with Gasteiger partial charge in [0.05, 0.1) is 28.4 Å². The number of benzene rings is 2. The number of aromatic hydroxyl groups is 2. The van der Waals surface area contributed by atoms with E-state index in [0.717, 1.165) is 11.1 Å². The van der Waals surface area contributed by atoms with Crippen LogP contribution in [-0.4, -0.2) is 38.7 Å². The van der Waals surface area contributed by atoms with E-state index in [1.807, 2.05) is 13.8 Å². The van der Waals surface area contributed by atoms with Crippen LogP contribution in [0.3, 0.4) is 0 Å². The van der Waals surface area contributed by atoms with Gasteiger partial charge in [-0.25, -0.2) is 0 Å². The Labute approximate surface area is 147 Å². The van der Waals surface area contributed by atoms with Crippen LogP contribution in [0.5, 0.6) is 34.5 Å². The summed E-state index contributed by atoms with van der Waals surface area (Å²) in [6.45, 7) is 3.96. The minimum atomic E-state index is -0.599. The van der Waals surface area contributed by atoms with Crippen molar-refractivity contribution in [2.24, 2.45) is 0 Å². The van der Waals surface area contributed by atoms with Crippen LogP contribution in [0.15, 0.2) is 24.3 Å². The maximum absolute atomic E-state index is 10.0. The van der Waals surface area contributed by atoms with E-state index >= 15 is 0 Å². The maximum atomic E-state index is 10.0. The van der Waals surface area contributed by atoms with E-state index in [1.54, 1.807) is 12.1 Å². The second-order valence-corrected chi connectivity index (χ2v) is 6.07. The molecule has 0 aliphatic carbocycles. The zero-order valence-corrected chi connectivity index (χ0v) is 15.3. The second kappa shape index (κ2) is 7.01. The molecule has 2 N–H and O–H groups in total. The molecule has 0 bridgehead atoms. The highest BCUT2D eigenvalue weighted by molar-refractivity contribution is 5.60. The van der Waals surface area contributed by atoms with Crippen molar-refractivity contribution in [2.75, 3.05) is 28.4 Å². The zero-order chi connectivity index (χ0) is 18.8. The van der Waals surface area contributed by atoms with Crippen molar-refractivity contribution in [3.05, 3.63) is 35.4 Å². The van der Waals surface area contributed by atoms with Gasteiger partial charge in [0.2, 0.25) is 0 Å². The highest BCUT2D eigenvalue weighted by Gasteiger charge is 2.32. The van der Waals surface area contributed by atoms with Gasteiger partial charge >= 0.3 is 0 Å². The average Bonchev–Trinajstić information content (AvgIpc) is 2.60. The molecular weight excluding hydrogens is 324 g/mol. The number of ether oxygens (including phenoxy) is 4. The molecule has 6 heteroatoms. The molecule has 0 aliphatic rings. The van der Waals surface area contributed by atoms with Gasteiger partial charge in [-0.05, 0) is 12.1 Å². The van der Waals surface area contributed by atoms with Gasteiger partial charge in [-0.2, -0.15) is 0 Å². The molecule has 0 spiro atoms. The first-order valence-corrected chi connectivity index (χ1v) is 7.71. The van der Waals surface area contributed by atoms with E-state index in [2.05, 4.69) is 0 Å². The minimum absolute atomic E-state index is 0.00542. The Morgan fingerprint density at radius 2 is 0.920 bits per heavy atom. The monoisotopic (exact) mass is 348 g/mol. The molecule has 136 valence electrons. The molecule has 25 heavy (non-hydrogen) atoms. The van der Waals surface area contributed by atoms with Crippen LogP contribution in [0.25, 0.3) is 0 Å². The van der Waals surface area contributed by atoms with Gasteiger partial charge in [-0.3, -0.25) is 0 Å². The van der Waals surface area contributed by atoms with Crippen molar-refractivity contribution < 1.29 is 29.2 Å². The Hall–Kier alpha value is -2.76. The van der Waals surface area contributed by atoms with Crippen LogP contribution in [0.4, 0.5) is 0 Å². The van der Waals surface area contributed by atoms with Gasteiger partial charge in [0.1, 0.15) is 11.5 Å². The normalized spacial score (nSPS) is 11.1. The molecule has 0 amide bonds. The number of hydrogen-bond donors (Lipinski definition) is 2. The van der Waals surface area contributed by atoms with Gasteiger partial charge in [0, 0.05) is 28.7 Å². The van der Waals surface area contributed by atoms with Gasteiger partial charge < -0.3 is 29.2 Å². The molecule has 0 atom stereocenters. The summed E-state index contributed by atoms with van der Waals surface area (Å²) < 4.78 is 21.4. The molecule has 6 nitrogen and oxygen atoms in total. The molecule has 0 aliphatic heterocycles. The first kappa shape index (κ1) is 18.6. The summed E-state index contributed by atoms with van der Waals surface area (Å²) >= 11 is 0. The Bertz CT molecular complexity index is 703. The third-order valence-corrected chi connectivity index (χ3v) is 4.35. The lowest BCUT2D eigenvalue weighted by atomic mass is 9.76. The van der Waals surface area contributed by atoms with E-state index in [0.29, 0.717) is 23.0 Å². The van der Waals surface area contributed by atoms with Gasteiger partial charge in [-0.1, -0.05) is 13.8 Å². The van der Waals surface area contributed by atoms with E-state index in [4.69, 9.17) is 18.9 Å². The number of phenols is 2. The molecule has 2 rings (SSSR count). The molecular formula is C19H24O6. The molecule has 2 aromatic rings. The Kier molecular flexibility index (Phi) is 5.21. The molecule has 0 aromatic heterocycles. The van der Waals surface area contributed by atoms with Crippen molar-refractivity contribution in [3.8, 4) is 34.5 Å². The number of rotatable bonds is 6. The summed E-state index contributed by atoms with van der Waals surface area (Å²) in [6.07, 6.45) is 0. The smallest absolute Gasteiger partial charge is 0.161 e. The Balaban J connectivity index is 2.74. The predicted octanol–water partition coefficient (Wildman–Crippen LogP) is 3.46. The molecule has 0 radical (unpaired) electrons. The number of phenolic OH excluding ortho intramolecular Hbond substituents is 2. The lowest BCUT2D eigenvalue weighted by Gasteiger charge is -2.30. The largest absolute Gasteiger partial charge is 0.504 e. The van der Waals surface area contributed by atoms with E-state index in [1.165, 1.54) is 40.6 Å². The van der Waals surface area contributed by atoms with E-state index in [9.17, 15) is 10.2 Å². The minimum Gasteiger partial charge on any atom is -0.504 e. The van der Waals surface area contributed by atoms with Crippen LogP contribution in [0.1, 0.15) is 25.0 Å². The lowest BCUT2D eigenvalue weighted by molar-refractivity contribution is 0.353. The van der Waals surface area contributed by atoms with Gasteiger partial charge in [0.15, 0.2) is 23.0 Å². The van der Waals surface area contributed by atoms with Crippen LogP contribution < -0.4 is 18.9 Å². The quantitative estimate of drug-likeness (QED) is 0.832. The fourth-order valence-corrected chi connectivity index (χ4v) is 2.89.